The minimum absolute atomic E-state index is 0.268. The Morgan fingerprint density at radius 2 is 1.27 bits per heavy atom. The third-order valence-electron chi connectivity index (χ3n) is 3.75. The molecule has 130 valence electrons. The van der Waals surface area contributed by atoms with Gasteiger partial charge in [-0.1, -0.05) is 78.9 Å². The first kappa shape index (κ1) is 17.4. The molecule has 3 aromatic carbocycles. The van der Waals surface area contributed by atoms with Crippen LogP contribution in [-0.2, 0) is 9.53 Å². The molecule has 0 spiro atoms. The smallest absolute Gasteiger partial charge is 0.345 e. The molecule has 3 aromatic rings. The van der Waals surface area contributed by atoms with E-state index in [2.05, 4.69) is 0 Å². The number of carbonyl (C=O) groups is 2. The summed E-state index contributed by atoms with van der Waals surface area (Å²) in [5.74, 6) is -0.313. The lowest BCUT2D eigenvalue weighted by atomic mass is 10.00. The van der Waals surface area contributed by atoms with Crippen molar-refractivity contribution >= 4 is 11.8 Å². The van der Waals surface area contributed by atoms with Crippen molar-refractivity contribution in [1.82, 2.24) is 0 Å². The largest absolute Gasteiger partial charge is 0.482 e. The van der Waals surface area contributed by atoms with E-state index < -0.39 is 12.1 Å². The highest BCUT2D eigenvalue weighted by Crippen LogP contribution is 2.23. The lowest BCUT2D eigenvalue weighted by molar-refractivity contribution is -0.149. The van der Waals surface area contributed by atoms with Crippen LogP contribution in [0, 0.1) is 0 Å². The highest BCUT2D eigenvalue weighted by Gasteiger charge is 2.26. The van der Waals surface area contributed by atoms with Crippen molar-refractivity contribution in [2.45, 2.75) is 6.10 Å². The monoisotopic (exact) mass is 346 g/mol. The Labute approximate surface area is 152 Å². The molecule has 0 fully saturated rings. The van der Waals surface area contributed by atoms with Crippen LogP contribution in [0.2, 0.25) is 0 Å². The molecule has 4 nitrogen and oxygen atoms in total. The van der Waals surface area contributed by atoms with E-state index in [4.69, 9.17) is 9.47 Å². The van der Waals surface area contributed by atoms with Gasteiger partial charge >= 0.3 is 5.97 Å². The van der Waals surface area contributed by atoms with E-state index in [9.17, 15) is 9.59 Å². The quantitative estimate of drug-likeness (QED) is 0.474. The van der Waals surface area contributed by atoms with Gasteiger partial charge in [0.2, 0.25) is 5.78 Å². The molecule has 1 atom stereocenters. The third kappa shape index (κ3) is 4.57. The van der Waals surface area contributed by atoms with Gasteiger partial charge in [-0.2, -0.15) is 0 Å². The molecular weight excluding hydrogens is 328 g/mol. The second kappa shape index (κ2) is 8.62. The maximum absolute atomic E-state index is 12.8. The van der Waals surface area contributed by atoms with E-state index in [1.54, 1.807) is 60.7 Å². The van der Waals surface area contributed by atoms with Crippen LogP contribution in [0.4, 0.5) is 0 Å². The van der Waals surface area contributed by atoms with Crippen molar-refractivity contribution in [3.05, 3.63) is 102 Å². The number of Topliss-reactive ketones (excluding diaryl/α,β-unsaturated/α-hetero) is 1. The number of hydrogen-bond donors (Lipinski definition) is 0. The van der Waals surface area contributed by atoms with Crippen LogP contribution in [0.3, 0.4) is 0 Å². The zero-order valence-corrected chi connectivity index (χ0v) is 14.1. The number of ether oxygens (including phenoxy) is 2. The summed E-state index contributed by atoms with van der Waals surface area (Å²) in [7, 11) is 0. The molecule has 0 bridgehead atoms. The fourth-order valence-electron chi connectivity index (χ4n) is 2.48. The average molecular weight is 346 g/mol. The van der Waals surface area contributed by atoms with Crippen LogP contribution >= 0.6 is 0 Å². The molecule has 0 saturated heterocycles. The predicted molar refractivity (Wildman–Crippen MR) is 98.0 cm³/mol. The summed E-state index contributed by atoms with van der Waals surface area (Å²) >= 11 is 0. The molecule has 3 rings (SSSR count). The Morgan fingerprint density at radius 1 is 0.731 bits per heavy atom. The first-order valence-electron chi connectivity index (χ1n) is 8.25. The molecule has 0 N–H and O–H groups in total. The lowest BCUT2D eigenvalue weighted by Crippen LogP contribution is -2.23. The van der Waals surface area contributed by atoms with Crippen LogP contribution < -0.4 is 4.74 Å². The van der Waals surface area contributed by atoms with Crippen molar-refractivity contribution in [3.63, 3.8) is 0 Å². The van der Waals surface area contributed by atoms with Crippen molar-refractivity contribution in [1.29, 1.82) is 0 Å². The van der Waals surface area contributed by atoms with Crippen LogP contribution in [0.5, 0.6) is 5.75 Å². The summed E-state index contributed by atoms with van der Waals surface area (Å²) < 4.78 is 10.9. The van der Waals surface area contributed by atoms with Crippen molar-refractivity contribution in [3.8, 4) is 5.75 Å². The zero-order chi connectivity index (χ0) is 18.2. The van der Waals surface area contributed by atoms with E-state index in [-0.39, 0.29) is 12.4 Å². The average Bonchev–Trinajstić information content (AvgIpc) is 2.72. The van der Waals surface area contributed by atoms with Gasteiger partial charge in [-0.25, -0.2) is 4.79 Å². The number of esters is 1. The maximum Gasteiger partial charge on any atom is 0.345 e. The summed E-state index contributed by atoms with van der Waals surface area (Å²) in [6, 6.07) is 26.7. The molecule has 0 aliphatic carbocycles. The molecule has 0 aliphatic rings. The molecule has 4 heteroatoms. The summed E-state index contributed by atoms with van der Waals surface area (Å²) in [6.07, 6.45) is -1.01. The van der Waals surface area contributed by atoms with E-state index >= 15 is 0 Å². The van der Waals surface area contributed by atoms with E-state index in [0.29, 0.717) is 16.9 Å². The highest BCUT2D eigenvalue weighted by atomic mass is 16.6. The topological polar surface area (TPSA) is 52.6 Å². The summed E-state index contributed by atoms with van der Waals surface area (Å²) in [5.41, 5.74) is 1.10. The van der Waals surface area contributed by atoms with Gasteiger partial charge in [0, 0.05) is 11.1 Å². The van der Waals surface area contributed by atoms with E-state index in [1.807, 2.05) is 30.3 Å². The van der Waals surface area contributed by atoms with Crippen LogP contribution in [0.15, 0.2) is 91.0 Å². The minimum atomic E-state index is -1.01. The Balaban J connectivity index is 1.73. The Bertz CT molecular complexity index is 845. The summed E-state index contributed by atoms with van der Waals surface area (Å²) in [6.45, 7) is -0.268. The normalized spacial score (nSPS) is 11.4. The van der Waals surface area contributed by atoms with Gasteiger partial charge < -0.3 is 9.47 Å². The van der Waals surface area contributed by atoms with Crippen molar-refractivity contribution < 1.29 is 19.1 Å². The van der Waals surface area contributed by atoms with Gasteiger partial charge in [-0.3, -0.25) is 4.79 Å². The predicted octanol–water partition coefficient (Wildman–Crippen LogP) is 4.23. The standard InChI is InChI=1S/C22H18O4/c23-20(16-25-19-14-8-3-9-15-19)26-22(18-12-6-2-7-13-18)21(24)17-10-4-1-5-11-17/h1-15,22H,16H2/t22-/m1/s1. The molecule has 0 heterocycles. The Hall–Kier alpha value is -3.40. The second-order valence-electron chi connectivity index (χ2n) is 5.61. The Morgan fingerprint density at radius 3 is 1.88 bits per heavy atom. The van der Waals surface area contributed by atoms with Gasteiger partial charge in [-0.05, 0) is 12.1 Å². The second-order valence-corrected chi connectivity index (χ2v) is 5.61. The van der Waals surface area contributed by atoms with Crippen LogP contribution in [-0.4, -0.2) is 18.4 Å². The van der Waals surface area contributed by atoms with Crippen molar-refractivity contribution in [2.75, 3.05) is 6.61 Å². The van der Waals surface area contributed by atoms with Gasteiger partial charge in [0.05, 0.1) is 0 Å². The SMILES string of the molecule is O=C(COc1ccccc1)O[C@@H](C(=O)c1ccccc1)c1ccccc1. The number of para-hydroxylation sites is 1. The molecule has 0 amide bonds. The van der Waals surface area contributed by atoms with Crippen molar-refractivity contribution in [2.24, 2.45) is 0 Å². The number of benzene rings is 3. The number of carbonyl (C=O) groups excluding carboxylic acids is 2. The number of hydrogen-bond acceptors (Lipinski definition) is 4. The molecule has 0 aliphatic heterocycles. The summed E-state index contributed by atoms with van der Waals surface area (Å²) in [5, 5.41) is 0. The van der Waals surface area contributed by atoms with Gasteiger partial charge in [-0.15, -0.1) is 0 Å². The van der Waals surface area contributed by atoms with Gasteiger partial charge in [0.15, 0.2) is 12.7 Å². The Kier molecular flexibility index (Phi) is 5.78. The minimum Gasteiger partial charge on any atom is -0.482 e. The van der Waals surface area contributed by atoms with E-state index in [1.165, 1.54) is 0 Å². The molecule has 0 saturated carbocycles. The highest BCUT2D eigenvalue weighted by molar-refractivity contribution is 6.01. The fourth-order valence-corrected chi connectivity index (χ4v) is 2.48. The first-order chi connectivity index (χ1) is 12.7. The molecule has 0 unspecified atom stereocenters. The molecule has 0 aromatic heterocycles. The lowest BCUT2D eigenvalue weighted by Gasteiger charge is -2.17. The molecule has 0 radical (unpaired) electrons. The number of ketones is 1. The van der Waals surface area contributed by atoms with Gasteiger partial charge in [0.25, 0.3) is 0 Å². The van der Waals surface area contributed by atoms with E-state index in [0.717, 1.165) is 0 Å². The molecular formula is C22H18O4. The number of rotatable bonds is 7. The summed E-state index contributed by atoms with van der Waals surface area (Å²) in [4.78, 5) is 25.1. The fraction of sp³-hybridized carbons (Fsp3) is 0.0909. The van der Waals surface area contributed by atoms with Crippen LogP contribution in [0.25, 0.3) is 0 Å². The first-order valence-corrected chi connectivity index (χ1v) is 8.25. The molecule has 26 heavy (non-hydrogen) atoms. The maximum atomic E-state index is 12.8. The van der Waals surface area contributed by atoms with Gasteiger partial charge in [0.1, 0.15) is 5.75 Å². The zero-order valence-electron chi connectivity index (χ0n) is 14.1. The third-order valence-corrected chi connectivity index (χ3v) is 3.75. The van der Waals surface area contributed by atoms with Crippen LogP contribution in [0.1, 0.15) is 22.0 Å².